The van der Waals surface area contributed by atoms with Gasteiger partial charge in [0.05, 0.1) is 0 Å². The minimum Gasteiger partial charge on any atom is -0.404 e. The lowest BCUT2D eigenvalue weighted by Crippen LogP contribution is -2.21. The molecule has 0 radical (unpaired) electrons. The summed E-state index contributed by atoms with van der Waals surface area (Å²) in [6.07, 6.45) is -5.02. The van der Waals surface area contributed by atoms with Gasteiger partial charge in [0.15, 0.2) is 11.4 Å². The van der Waals surface area contributed by atoms with Crippen molar-refractivity contribution in [2.75, 3.05) is 5.73 Å². The zero-order chi connectivity index (χ0) is 13.2. The Morgan fingerprint density at radius 2 is 2.12 bits per heavy atom. The van der Waals surface area contributed by atoms with Gasteiger partial charge >= 0.3 is 6.36 Å². The second kappa shape index (κ2) is 4.17. The predicted molar refractivity (Wildman–Crippen MR) is 48.6 cm³/mol. The van der Waals surface area contributed by atoms with Crippen LogP contribution in [0.3, 0.4) is 0 Å². The molecule has 4 N–H and O–H groups in total. The van der Waals surface area contributed by atoms with Crippen LogP contribution < -0.4 is 16.2 Å². The Morgan fingerprint density at radius 3 is 2.53 bits per heavy atom. The first-order valence-corrected chi connectivity index (χ1v) is 4.00. The lowest BCUT2D eigenvalue weighted by molar-refractivity contribution is -0.274. The van der Waals surface area contributed by atoms with Crippen LogP contribution in [0.4, 0.5) is 19.0 Å². The summed E-state index contributed by atoms with van der Waals surface area (Å²) in [7, 11) is 0. The molecule has 0 aliphatic rings. The number of carbonyl (C=O) groups excluding carboxylic acids is 1. The van der Waals surface area contributed by atoms with E-state index in [0.29, 0.717) is 6.07 Å². The van der Waals surface area contributed by atoms with Gasteiger partial charge in [-0.25, -0.2) is 4.98 Å². The molecule has 0 aromatic carbocycles. The molecule has 1 heterocycles. The molecule has 17 heavy (non-hydrogen) atoms. The van der Waals surface area contributed by atoms with Crippen LogP contribution in [0.15, 0.2) is 6.07 Å². The molecule has 9 heteroatoms. The maximum absolute atomic E-state index is 12.0. The quantitative estimate of drug-likeness (QED) is 0.789. The Balaban J connectivity index is 3.40. The van der Waals surface area contributed by atoms with E-state index in [4.69, 9.17) is 16.7 Å². The molecular weight excluding hydrogens is 241 g/mol. The van der Waals surface area contributed by atoms with E-state index >= 15 is 0 Å². The molecule has 0 saturated carbocycles. The number of primary amides is 1. The molecule has 0 aliphatic heterocycles. The lowest BCUT2D eigenvalue weighted by Gasteiger charge is -2.11. The first-order valence-electron chi connectivity index (χ1n) is 4.00. The normalized spacial score (nSPS) is 10.7. The van der Waals surface area contributed by atoms with Crippen molar-refractivity contribution in [3.63, 3.8) is 0 Å². The van der Waals surface area contributed by atoms with Crippen molar-refractivity contribution >= 4 is 11.7 Å². The number of nitrogen functional groups attached to an aromatic ring is 1. The highest BCUT2D eigenvalue weighted by Crippen LogP contribution is 2.28. The summed E-state index contributed by atoms with van der Waals surface area (Å²) in [6, 6.07) is 2.03. The molecule has 0 fully saturated rings. The first kappa shape index (κ1) is 12.6. The number of amides is 1. The number of nitriles is 1. The highest BCUT2D eigenvalue weighted by Gasteiger charge is 2.33. The monoisotopic (exact) mass is 246 g/mol. The SMILES string of the molecule is N#Cc1c(OC(F)(F)F)cc(N)nc1C(N)=O. The van der Waals surface area contributed by atoms with Crippen LogP contribution in [0.25, 0.3) is 0 Å². The molecule has 0 spiro atoms. The zero-order valence-corrected chi connectivity index (χ0v) is 8.08. The van der Waals surface area contributed by atoms with Crippen molar-refractivity contribution in [3.8, 4) is 11.8 Å². The minimum atomic E-state index is -5.02. The summed E-state index contributed by atoms with van der Waals surface area (Å²) in [5.74, 6) is -2.51. The molecule has 90 valence electrons. The number of pyridine rings is 1. The van der Waals surface area contributed by atoms with Gasteiger partial charge in [0.2, 0.25) is 0 Å². The van der Waals surface area contributed by atoms with Gasteiger partial charge in [0.25, 0.3) is 5.91 Å². The van der Waals surface area contributed by atoms with Gasteiger partial charge in [-0.2, -0.15) is 5.26 Å². The molecule has 0 saturated heterocycles. The second-order valence-electron chi connectivity index (χ2n) is 2.79. The molecule has 1 amide bonds. The fourth-order valence-corrected chi connectivity index (χ4v) is 1.03. The highest BCUT2D eigenvalue weighted by molar-refractivity contribution is 5.94. The summed E-state index contributed by atoms with van der Waals surface area (Å²) >= 11 is 0. The summed E-state index contributed by atoms with van der Waals surface area (Å²) in [6.45, 7) is 0. The molecule has 0 bridgehead atoms. The molecular formula is C8H5F3N4O2. The molecule has 1 aromatic rings. The van der Waals surface area contributed by atoms with Crippen LogP contribution in [0.5, 0.6) is 5.75 Å². The van der Waals surface area contributed by atoms with Gasteiger partial charge in [0.1, 0.15) is 17.5 Å². The zero-order valence-electron chi connectivity index (χ0n) is 8.08. The lowest BCUT2D eigenvalue weighted by atomic mass is 10.2. The second-order valence-corrected chi connectivity index (χ2v) is 2.79. The number of nitrogens with two attached hydrogens (primary N) is 2. The van der Waals surface area contributed by atoms with Crippen molar-refractivity contribution in [1.82, 2.24) is 4.98 Å². The van der Waals surface area contributed by atoms with Crippen LogP contribution in [-0.4, -0.2) is 17.3 Å². The van der Waals surface area contributed by atoms with E-state index in [-0.39, 0.29) is 0 Å². The number of aromatic nitrogens is 1. The first-order chi connectivity index (χ1) is 7.74. The highest BCUT2D eigenvalue weighted by atomic mass is 19.4. The Labute approximate surface area is 92.6 Å². The average molecular weight is 246 g/mol. The molecule has 6 nitrogen and oxygen atoms in total. The Kier molecular flexibility index (Phi) is 3.08. The minimum absolute atomic E-state index is 0.419. The largest absolute Gasteiger partial charge is 0.573 e. The van der Waals surface area contributed by atoms with Crippen molar-refractivity contribution in [2.24, 2.45) is 5.73 Å². The van der Waals surface area contributed by atoms with Gasteiger partial charge in [-0.05, 0) is 0 Å². The fraction of sp³-hybridized carbons (Fsp3) is 0.125. The number of rotatable bonds is 2. The van der Waals surface area contributed by atoms with E-state index in [0.717, 1.165) is 0 Å². The molecule has 0 unspecified atom stereocenters. The number of halogens is 3. The van der Waals surface area contributed by atoms with E-state index in [1.165, 1.54) is 6.07 Å². The summed E-state index contributed by atoms with van der Waals surface area (Å²) in [5.41, 5.74) is 8.62. The van der Waals surface area contributed by atoms with Crippen LogP contribution in [-0.2, 0) is 0 Å². The Morgan fingerprint density at radius 1 is 1.53 bits per heavy atom. The Bertz CT molecular complexity index is 507. The third-order valence-electron chi connectivity index (χ3n) is 1.57. The third-order valence-corrected chi connectivity index (χ3v) is 1.57. The van der Waals surface area contributed by atoms with Gasteiger partial charge in [0, 0.05) is 6.07 Å². The van der Waals surface area contributed by atoms with Gasteiger partial charge < -0.3 is 16.2 Å². The van der Waals surface area contributed by atoms with E-state index in [2.05, 4.69) is 9.72 Å². The maximum Gasteiger partial charge on any atom is 0.573 e. The number of hydrogen-bond acceptors (Lipinski definition) is 5. The van der Waals surface area contributed by atoms with Crippen LogP contribution in [0.2, 0.25) is 0 Å². The fourth-order valence-electron chi connectivity index (χ4n) is 1.03. The maximum atomic E-state index is 12.0. The predicted octanol–water partition coefficient (Wildman–Crippen LogP) is 0.533. The van der Waals surface area contributed by atoms with Crippen molar-refractivity contribution in [2.45, 2.75) is 6.36 Å². The number of ether oxygens (including phenoxy) is 1. The topological polar surface area (TPSA) is 115 Å². The van der Waals surface area contributed by atoms with E-state index in [1.54, 1.807) is 0 Å². The number of anilines is 1. The van der Waals surface area contributed by atoms with Crippen LogP contribution in [0.1, 0.15) is 16.1 Å². The molecule has 1 rings (SSSR count). The van der Waals surface area contributed by atoms with Gasteiger partial charge in [-0.1, -0.05) is 0 Å². The van der Waals surface area contributed by atoms with Crippen LogP contribution in [0, 0.1) is 11.3 Å². The van der Waals surface area contributed by atoms with Gasteiger partial charge in [-0.15, -0.1) is 13.2 Å². The van der Waals surface area contributed by atoms with Crippen LogP contribution >= 0.6 is 0 Å². The standard InChI is InChI=1S/C8H5F3N4O2/c9-8(10,11)17-4-1-5(13)15-6(7(14)16)3(4)2-12/h1H,(H2,13,15)(H2,14,16). The summed E-state index contributed by atoms with van der Waals surface area (Å²) in [5, 5.41) is 8.65. The number of carbonyl (C=O) groups is 1. The van der Waals surface area contributed by atoms with E-state index in [1.807, 2.05) is 0 Å². The van der Waals surface area contributed by atoms with Crippen molar-refractivity contribution < 1.29 is 22.7 Å². The van der Waals surface area contributed by atoms with E-state index in [9.17, 15) is 18.0 Å². The van der Waals surface area contributed by atoms with Gasteiger partial charge in [-0.3, -0.25) is 4.79 Å². The van der Waals surface area contributed by atoms with Crippen molar-refractivity contribution in [3.05, 3.63) is 17.3 Å². The summed E-state index contributed by atoms with van der Waals surface area (Å²) < 4.78 is 39.6. The van der Waals surface area contributed by atoms with Crippen molar-refractivity contribution in [1.29, 1.82) is 5.26 Å². The molecule has 0 atom stereocenters. The third kappa shape index (κ3) is 2.97. The molecule has 0 aliphatic carbocycles. The summed E-state index contributed by atoms with van der Waals surface area (Å²) in [4.78, 5) is 14.2. The Hall–Kier alpha value is -2.50. The smallest absolute Gasteiger partial charge is 0.404 e. The average Bonchev–Trinajstić information content (AvgIpc) is 2.14. The number of hydrogen-bond donors (Lipinski definition) is 2. The number of alkyl halides is 3. The molecule has 1 aromatic heterocycles. The number of nitrogens with zero attached hydrogens (tertiary/aromatic N) is 2. The van der Waals surface area contributed by atoms with E-state index < -0.39 is 35.1 Å².